The van der Waals surface area contributed by atoms with Gasteiger partial charge in [-0.2, -0.15) is 5.10 Å². The number of aliphatic hydroxyl groups excluding tert-OH is 1. The van der Waals surface area contributed by atoms with E-state index in [9.17, 15) is 9.90 Å². The topological polar surface area (TPSA) is 112 Å². The number of para-hydroxylation sites is 2. The van der Waals surface area contributed by atoms with Crippen molar-refractivity contribution in [1.82, 2.24) is 19.5 Å². The molecule has 0 spiro atoms. The number of halogens is 1. The van der Waals surface area contributed by atoms with E-state index >= 15 is 0 Å². The Morgan fingerprint density at radius 2 is 1.91 bits per heavy atom. The molecule has 10 heteroatoms. The Labute approximate surface area is 207 Å². The maximum Gasteiger partial charge on any atom is 0.274 e. The van der Waals surface area contributed by atoms with Gasteiger partial charge in [-0.3, -0.25) is 9.69 Å². The summed E-state index contributed by atoms with van der Waals surface area (Å²) >= 11 is 6.16. The molecule has 3 heterocycles. The van der Waals surface area contributed by atoms with Gasteiger partial charge in [0.2, 0.25) is 0 Å². The van der Waals surface area contributed by atoms with Crippen molar-refractivity contribution in [2.45, 2.75) is 6.23 Å². The molecule has 4 N–H and O–H groups in total. The lowest BCUT2D eigenvalue weighted by atomic mass is 10.1. The lowest BCUT2D eigenvalue weighted by Crippen LogP contribution is -2.52. The number of aliphatic hydroxyl groups is 1. The molecule has 1 amide bonds. The molecule has 9 nitrogen and oxygen atoms in total. The van der Waals surface area contributed by atoms with Crippen LogP contribution in [0.4, 0.5) is 11.4 Å². The van der Waals surface area contributed by atoms with Crippen molar-refractivity contribution in [2.75, 3.05) is 42.9 Å². The summed E-state index contributed by atoms with van der Waals surface area (Å²) in [6.07, 6.45) is 2.80. The first kappa shape index (κ1) is 23.3. The van der Waals surface area contributed by atoms with Crippen molar-refractivity contribution < 1.29 is 9.90 Å². The summed E-state index contributed by atoms with van der Waals surface area (Å²) in [5, 5.41) is 18.0. The lowest BCUT2D eigenvalue weighted by Gasteiger charge is -2.38. The third kappa shape index (κ3) is 4.85. The number of nitrogens with one attached hydrogen (secondary N) is 1. The van der Waals surface area contributed by atoms with E-state index in [2.05, 4.69) is 20.3 Å². The molecule has 4 aromatic rings. The van der Waals surface area contributed by atoms with Gasteiger partial charge in [0.25, 0.3) is 5.91 Å². The lowest BCUT2D eigenvalue weighted by molar-refractivity contribution is 0.00770. The van der Waals surface area contributed by atoms with E-state index in [0.717, 1.165) is 16.8 Å². The standard InChI is InChI=1S/C25H26ClN7O2/c26-18-5-3-4-17(14-18)19-16-28-33-9-8-21(29-24(19)33)25(35)30-20-6-1-2-7-22(20)31-10-12-32(13-11-31)23(34)15-27/h1-9,14,16,23,34H,10-13,15,27H2,(H,30,35). The van der Waals surface area contributed by atoms with E-state index in [1.165, 1.54) is 0 Å². The zero-order valence-electron chi connectivity index (χ0n) is 19.0. The highest BCUT2D eigenvalue weighted by Gasteiger charge is 2.23. The van der Waals surface area contributed by atoms with Crippen LogP contribution in [0.1, 0.15) is 10.5 Å². The first-order valence-corrected chi connectivity index (χ1v) is 11.8. The predicted octanol–water partition coefficient (Wildman–Crippen LogP) is 2.70. The molecular weight excluding hydrogens is 466 g/mol. The van der Waals surface area contributed by atoms with E-state index in [-0.39, 0.29) is 18.1 Å². The molecule has 1 aliphatic rings. The number of benzene rings is 2. The van der Waals surface area contributed by atoms with Gasteiger partial charge >= 0.3 is 0 Å². The quantitative estimate of drug-likeness (QED) is 0.380. The van der Waals surface area contributed by atoms with Crippen LogP contribution in [0.2, 0.25) is 5.02 Å². The molecule has 0 saturated carbocycles. The van der Waals surface area contributed by atoms with Gasteiger partial charge in [0, 0.05) is 49.5 Å². The van der Waals surface area contributed by atoms with Crippen LogP contribution < -0.4 is 16.0 Å². The molecule has 1 saturated heterocycles. The third-order valence-electron chi connectivity index (χ3n) is 6.18. The fourth-order valence-electron chi connectivity index (χ4n) is 4.31. The molecule has 1 atom stereocenters. The van der Waals surface area contributed by atoms with Crippen LogP contribution in [0.3, 0.4) is 0 Å². The number of piperazine rings is 1. The fraction of sp³-hybridized carbons (Fsp3) is 0.240. The Hall–Kier alpha value is -3.50. The maximum atomic E-state index is 13.2. The number of anilines is 2. The molecule has 180 valence electrons. The van der Waals surface area contributed by atoms with Gasteiger partial charge in [-0.15, -0.1) is 0 Å². The second-order valence-corrected chi connectivity index (χ2v) is 8.80. The minimum atomic E-state index is -0.631. The summed E-state index contributed by atoms with van der Waals surface area (Å²) in [5.74, 6) is -0.310. The number of fused-ring (bicyclic) bond motifs is 1. The van der Waals surface area contributed by atoms with Crippen LogP contribution in [0.5, 0.6) is 0 Å². The third-order valence-corrected chi connectivity index (χ3v) is 6.41. The monoisotopic (exact) mass is 491 g/mol. The van der Waals surface area contributed by atoms with E-state index in [1.54, 1.807) is 29.0 Å². The SMILES string of the molecule is NCC(O)N1CCN(c2ccccc2NC(=O)c2ccn3ncc(-c4cccc(Cl)c4)c3n2)CC1. The molecule has 0 bridgehead atoms. The molecule has 1 unspecified atom stereocenters. The average molecular weight is 492 g/mol. The fourth-order valence-corrected chi connectivity index (χ4v) is 4.50. The van der Waals surface area contributed by atoms with Gasteiger partial charge in [0.1, 0.15) is 11.9 Å². The highest BCUT2D eigenvalue weighted by Crippen LogP contribution is 2.28. The first-order valence-electron chi connectivity index (χ1n) is 11.4. The minimum Gasteiger partial charge on any atom is -0.377 e. The summed E-state index contributed by atoms with van der Waals surface area (Å²) in [7, 11) is 0. The molecule has 5 rings (SSSR count). The number of carbonyl (C=O) groups excluding carboxylic acids is 1. The number of nitrogens with two attached hydrogens (primary N) is 1. The number of aromatic nitrogens is 3. The smallest absolute Gasteiger partial charge is 0.274 e. The van der Waals surface area contributed by atoms with Crippen LogP contribution in [0.15, 0.2) is 67.0 Å². The molecule has 1 aliphatic heterocycles. The highest BCUT2D eigenvalue weighted by atomic mass is 35.5. The molecule has 2 aromatic heterocycles. The van der Waals surface area contributed by atoms with Crippen molar-refractivity contribution >= 4 is 34.5 Å². The number of hydrogen-bond donors (Lipinski definition) is 3. The summed E-state index contributed by atoms with van der Waals surface area (Å²) in [6, 6.07) is 16.8. The molecule has 2 aromatic carbocycles. The van der Waals surface area contributed by atoms with Crippen LogP contribution in [-0.4, -0.2) is 69.5 Å². The Morgan fingerprint density at radius 1 is 1.11 bits per heavy atom. The Bertz CT molecular complexity index is 1350. The maximum absolute atomic E-state index is 13.2. The molecular formula is C25H26ClN7O2. The number of nitrogens with zero attached hydrogens (tertiary/aromatic N) is 5. The zero-order valence-corrected chi connectivity index (χ0v) is 19.8. The van der Waals surface area contributed by atoms with Crippen molar-refractivity contribution in [3.05, 3.63) is 77.7 Å². The van der Waals surface area contributed by atoms with Crippen LogP contribution >= 0.6 is 11.6 Å². The summed E-state index contributed by atoms with van der Waals surface area (Å²) in [4.78, 5) is 22.0. The van der Waals surface area contributed by atoms with Crippen LogP contribution in [0, 0.1) is 0 Å². The molecule has 0 radical (unpaired) electrons. The molecule has 0 aliphatic carbocycles. The van der Waals surface area contributed by atoms with E-state index < -0.39 is 6.23 Å². The molecule has 1 fully saturated rings. The first-order chi connectivity index (χ1) is 17.0. The van der Waals surface area contributed by atoms with Gasteiger partial charge in [0.05, 0.1) is 17.6 Å². The predicted molar refractivity (Wildman–Crippen MR) is 137 cm³/mol. The van der Waals surface area contributed by atoms with Crippen molar-refractivity contribution in [1.29, 1.82) is 0 Å². The Morgan fingerprint density at radius 3 is 2.69 bits per heavy atom. The largest absolute Gasteiger partial charge is 0.377 e. The minimum absolute atomic E-state index is 0.209. The van der Waals surface area contributed by atoms with Gasteiger partial charge in [-0.25, -0.2) is 9.50 Å². The number of rotatable bonds is 6. The Balaban J connectivity index is 1.37. The highest BCUT2D eigenvalue weighted by molar-refractivity contribution is 6.30. The van der Waals surface area contributed by atoms with Crippen molar-refractivity contribution in [3.8, 4) is 11.1 Å². The normalized spacial score (nSPS) is 15.3. The summed E-state index contributed by atoms with van der Waals surface area (Å²) in [5.41, 5.74) is 9.74. The zero-order chi connectivity index (χ0) is 24.4. The van der Waals surface area contributed by atoms with E-state index in [0.29, 0.717) is 42.5 Å². The average Bonchev–Trinajstić information content (AvgIpc) is 3.32. The van der Waals surface area contributed by atoms with Gasteiger partial charge in [-0.1, -0.05) is 35.9 Å². The van der Waals surface area contributed by atoms with Crippen molar-refractivity contribution in [2.24, 2.45) is 5.73 Å². The second-order valence-electron chi connectivity index (χ2n) is 8.36. The summed E-state index contributed by atoms with van der Waals surface area (Å²) < 4.78 is 1.64. The van der Waals surface area contributed by atoms with Crippen LogP contribution in [0.25, 0.3) is 16.8 Å². The number of hydrogen-bond acceptors (Lipinski definition) is 7. The van der Waals surface area contributed by atoms with Crippen LogP contribution in [-0.2, 0) is 0 Å². The van der Waals surface area contributed by atoms with Crippen molar-refractivity contribution in [3.63, 3.8) is 0 Å². The van der Waals surface area contributed by atoms with Gasteiger partial charge < -0.3 is 21.1 Å². The summed E-state index contributed by atoms with van der Waals surface area (Å²) in [6.45, 7) is 3.01. The number of carbonyl (C=O) groups is 1. The van der Waals surface area contributed by atoms with Gasteiger partial charge in [0.15, 0.2) is 5.65 Å². The van der Waals surface area contributed by atoms with Gasteiger partial charge in [-0.05, 0) is 35.9 Å². The second kappa shape index (κ2) is 10.0. The van der Waals surface area contributed by atoms with E-state index in [1.807, 2.05) is 47.4 Å². The Kier molecular flexibility index (Phi) is 6.65. The van der Waals surface area contributed by atoms with E-state index in [4.69, 9.17) is 17.3 Å². The molecule has 35 heavy (non-hydrogen) atoms. The number of amides is 1.